The van der Waals surface area contributed by atoms with E-state index in [-0.39, 0.29) is 0 Å². The Bertz CT molecular complexity index is 225. The van der Waals surface area contributed by atoms with Gasteiger partial charge in [-0.2, -0.15) is 0 Å². The smallest absolute Gasteiger partial charge is 0.0625 e. The van der Waals surface area contributed by atoms with Crippen molar-refractivity contribution in [1.82, 2.24) is 0 Å². The summed E-state index contributed by atoms with van der Waals surface area (Å²) in [7, 11) is 3.71. The lowest BCUT2D eigenvalue weighted by Crippen LogP contribution is -2.46. The fourth-order valence-electron chi connectivity index (χ4n) is 4.30. The van der Waals surface area contributed by atoms with E-state index in [1.165, 1.54) is 38.5 Å². The molecule has 2 fully saturated rings. The van der Waals surface area contributed by atoms with Gasteiger partial charge in [0.25, 0.3) is 0 Å². The maximum absolute atomic E-state index is 5.71. The van der Waals surface area contributed by atoms with Crippen molar-refractivity contribution in [1.29, 1.82) is 0 Å². The summed E-state index contributed by atoms with van der Waals surface area (Å²) in [6.07, 6.45) is 8.65. The monoisotopic (exact) mass is 226 g/mol. The van der Waals surface area contributed by atoms with Crippen LogP contribution in [0.4, 0.5) is 0 Å². The molecule has 16 heavy (non-hydrogen) atoms. The Morgan fingerprint density at radius 2 is 2.06 bits per heavy atom. The van der Waals surface area contributed by atoms with E-state index >= 15 is 0 Å². The van der Waals surface area contributed by atoms with Crippen LogP contribution in [0.3, 0.4) is 0 Å². The van der Waals surface area contributed by atoms with Crippen LogP contribution in [0, 0.1) is 17.3 Å². The summed E-state index contributed by atoms with van der Waals surface area (Å²) >= 11 is 0. The first kappa shape index (κ1) is 12.4. The van der Waals surface area contributed by atoms with Gasteiger partial charge >= 0.3 is 0 Å². The highest BCUT2D eigenvalue weighted by Gasteiger charge is 2.46. The Balaban J connectivity index is 2.05. The number of ether oxygens (including phenoxy) is 2. The summed E-state index contributed by atoms with van der Waals surface area (Å²) in [5, 5.41) is 0. The normalized spacial score (nSPS) is 43.3. The van der Waals surface area contributed by atoms with Gasteiger partial charge in [-0.1, -0.05) is 13.3 Å². The number of methoxy groups -OCH3 is 2. The van der Waals surface area contributed by atoms with Gasteiger partial charge < -0.3 is 9.47 Å². The molecular formula is C14H26O2. The molecule has 0 amide bonds. The molecule has 2 heteroatoms. The second-order valence-electron chi connectivity index (χ2n) is 5.98. The highest BCUT2D eigenvalue weighted by atomic mass is 16.5. The van der Waals surface area contributed by atoms with Crippen LogP contribution in [0.5, 0.6) is 0 Å². The Labute approximate surface area is 99.7 Å². The molecule has 0 spiro atoms. The second-order valence-corrected chi connectivity index (χ2v) is 5.98. The molecule has 4 atom stereocenters. The molecule has 0 aromatic carbocycles. The molecule has 0 aromatic rings. The molecule has 0 heterocycles. The van der Waals surface area contributed by atoms with Crippen molar-refractivity contribution in [2.75, 3.05) is 20.8 Å². The minimum Gasteiger partial charge on any atom is -0.385 e. The maximum Gasteiger partial charge on any atom is 0.0625 e. The van der Waals surface area contributed by atoms with Gasteiger partial charge in [0, 0.05) is 20.8 Å². The summed E-state index contributed by atoms with van der Waals surface area (Å²) in [5.41, 5.74) is 0.577. The maximum atomic E-state index is 5.71. The van der Waals surface area contributed by atoms with Crippen molar-refractivity contribution in [3.8, 4) is 0 Å². The molecular weight excluding hydrogens is 200 g/mol. The van der Waals surface area contributed by atoms with Gasteiger partial charge in [0.1, 0.15) is 0 Å². The zero-order valence-electron chi connectivity index (χ0n) is 11.0. The van der Waals surface area contributed by atoms with Crippen LogP contribution in [-0.4, -0.2) is 26.9 Å². The van der Waals surface area contributed by atoms with Crippen LogP contribution in [0.2, 0.25) is 0 Å². The number of rotatable bonds is 4. The number of hydrogen-bond acceptors (Lipinski definition) is 2. The average molecular weight is 226 g/mol. The largest absolute Gasteiger partial charge is 0.385 e. The molecule has 2 bridgehead atoms. The molecule has 2 nitrogen and oxygen atoms in total. The quantitative estimate of drug-likeness (QED) is 0.732. The first-order valence-electron chi connectivity index (χ1n) is 6.72. The van der Waals surface area contributed by atoms with Crippen molar-refractivity contribution < 1.29 is 9.47 Å². The Morgan fingerprint density at radius 1 is 1.25 bits per heavy atom. The third kappa shape index (κ3) is 2.28. The van der Waals surface area contributed by atoms with Gasteiger partial charge in [0.05, 0.1) is 6.10 Å². The molecule has 94 valence electrons. The lowest BCUT2D eigenvalue weighted by Gasteiger charge is -2.51. The van der Waals surface area contributed by atoms with Crippen molar-refractivity contribution in [3.63, 3.8) is 0 Å². The first-order chi connectivity index (χ1) is 7.71. The van der Waals surface area contributed by atoms with E-state index in [1.54, 1.807) is 0 Å². The molecule has 0 aliphatic heterocycles. The minimum absolute atomic E-state index is 0.510. The van der Waals surface area contributed by atoms with E-state index in [0.29, 0.717) is 11.5 Å². The highest BCUT2D eigenvalue weighted by molar-refractivity contribution is 4.97. The molecule has 4 unspecified atom stereocenters. The first-order valence-corrected chi connectivity index (χ1v) is 6.72. The Kier molecular flexibility index (Phi) is 3.91. The van der Waals surface area contributed by atoms with Crippen LogP contribution >= 0.6 is 0 Å². The zero-order valence-corrected chi connectivity index (χ0v) is 11.0. The summed E-state index contributed by atoms with van der Waals surface area (Å²) < 4.78 is 11.0. The predicted molar refractivity (Wildman–Crippen MR) is 65.5 cm³/mol. The van der Waals surface area contributed by atoms with Gasteiger partial charge in [-0.3, -0.25) is 0 Å². The SMILES string of the molecule is COCCC12CCCC(C1)C(OC)C(C)C2. The van der Waals surface area contributed by atoms with Crippen molar-refractivity contribution in [2.24, 2.45) is 17.3 Å². The van der Waals surface area contributed by atoms with E-state index in [0.717, 1.165) is 18.4 Å². The molecule has 2 rings (SSSR count). The molecule has 0 saturated heterocycles. The topological polar surface area (TPSA) is 18.5 Å². The molecule has 0 radical (unpaired) electrons. The summed E-state index contributed by atoms with van der Waals surface area (Å²) in [6.45, 7) is 3.30. The summed E-state index contributed by atoms with van der Waals surface area (Å²) in [6, 6.07) is 0. The van der Waals surface area contributed by atoms with Gasteiger partial charge in [-0.15, -0.1) is 0 Å². The second kappa shape index (κ2) is 5.05. The predicted octanol–water partition coefficient (Wildman–Crippen LogP) is 3.25. The van der Waals surface area contributed by atoms with Crippen LogP contribution in [0.15, 0.2) is 0 Å². The van der Waals surface area contributed by atoms with Crippen LogP contribution in [0.25, 0.3) is 0 Å². The lowest BCUT2D eigenvalue weighted by molar-refractivity contribution is -0.0898. The molecule has 0 N–H and O–H groups in total. The standard InChI is InChI=1S/C14H26O2/c1-11-9-14(7-8-15-2)6-4-5-12(10-14)13(11)16-3/h11-13H,4-10H2,1-3H3. The van der Waals surface area contributed by atoms with Crippen LogP contribution < -0.4 is 0 Å². The minimum atomic E-state index is 0.510. The van der Waals surface area contributed by atoms with Crippen LogP contribution in [-0.2, 0) is 9.47 Å². The van der Waals surface area contributed by atoms with E-state index in [1.807, 2.05) is 14.2 Å². The Hall–Kier alpha value is -0.0800. The highest BCUT2D eigenvalue weighted by Crippen LogP contribution is 2.53. The van der Waals surface area contributed by atoms with E-state index < -0.39 is 0 Å². The van der Waals surface area contributed by atoms with Crippen LogP contribution in [0.1, 0.15) is 45.4 Å². The van der Waals surface area contributed by atoms with E-state index in [9.17, 15) is 0 Å². The van der Waals surface area contributed by atoms with Crippen molar-refractivity contribution in [2.45, 2.75) is 51.6 Å². The lowest BCUT2D eigenvalue weighted by atomic mass is 9.57. The summed E-state index contributed by atoms with van der Waals surface area (Å²) in [5.74, 6) is 1.53. The Morgan fingerprint density at radius 3 is 2.75 bits per heavy atom. The van der Waals surface area contributed by atoms with Gasteiger partial charge in [0.15, 0.2) is 0 Å². The molecule has 2 saturated carbocycles. The fourth-order valence-corrected chi connectivity index (χ4v) is 4.30. The van der Waals surface area contributed by atoms with Gasteiger partial charge in [-0.25, -0.2) is 0 Å². The fraction of sp³-hybridized carbons (Fsp3) is 1.00. The van der Waals surface area contributed by atoms with E-state index in [4.69, 9.17) is 9.47 Å². The van der Waals surface area contributed by atoms with Gasteiger partial charge in [0.2, 0.25) is 0 Å². The average Bonchev–Trinajstić information content (AvgIpc) is 2.27. The molecule has 0 aromatic heterocycles. The zero-order chi connectivity index (χ0) is 11.6. The molecule has 2 aliphatic rings. The van der Waals surface area contributed by atoms with Crippen molar-refractivity contribution in [3.05, 3.63) is 0 Å². The van der Waals surface area contributed by atoms with Gasteiger partial charge in [-0.05, 0) is 49.4 Å². The number of fused-ring (bicyclic) bond motifs is 2. The summed E-state index contributed by atoms with van der Waals surface area (Å²) in [4.78, 5) is 0. The molecule has 2 aliphatic carbocycles. The third-order valence-electron chi connectivity index (χ3n) is 4.87. The van der Waals surface area contributed by atoms with Crippen molar-refractivity contribution >= 4 is 0 Å². The third-order valence-corrected chi connectivity index (χ3v) is 4.87. The number of hydrogen-bond donors (Lipinski definition) is 0. The van der Waals surface area contributed by atoms with E-state index in [2.05, 4.69) is 6.92 Å².